The molecule has 0 radical (unpaired) electrons. The van der Waals surface area contributed by atoms with Crippen molar-refractivity contribution in [1.29, 1.82) is 0 Å². The van der Waals surface area contributed by atoms with Gasteiger partial charge in [-0.2, -0.15) is 0 Å². The third kappa shape index (κ3) is 6.07. The Labute approximate surface area is 193 Å². The van der Waals surface area contributed by atoms with Crippen LogP contribution in [0.1, 0.15) is 35.2 Å². The fraction of sp³-hybridized carbons (Fsp3) is 0.292. The van der Waals surface area contributed by atoms with Crippen LogP contribution in [0.25, 0.3) is 6.08 Å². The van der Waals surface area contributed by atoms with Crippen LogP contribution < -0.4 is 20.1 Å². The van der Waals surface area contributed by atoms with Crippen LogP contribution in [0.2, 0.25) is 0 Å². The summed E-state index contributed by atoms with van der Waals surface area (Å²) < 4.78 is 10.5. The van der Waals surface area contributed by atoms with Crippen LogP contribution in [0, 0.1) is 0 Å². The summed E-state index contributed by atoms with van der Waals surface area (Å²) >= 11 is 5.28. The molecule has 0 saturated carbocycles. The second-order valence-corrected chi connectivity index (χ2v) is 7.70. The van der Waals surface area contributed by atoms with Gasteiger partial charge in [0.25, 0.3) is 5.91 Å². The average Bonchev–Trinajstić information content (AvgIpc) is 2.83. The number of hydrogen-bond acceptors (Lipinski definition) is 5. The first-order valence-electron chi connectivity index (χ1n) is 10.4. The van der Waals surface area contributed by atoms with Crippen molar-refractivity contribution in [3.63, 3.8) is 0 Å². The maximum atomic E-state index is 12.9. The topological polar surface area (TPSA) is 79.9 Å². The van der Waals surface area contributed by atoms with Crippen molar-refractivity contribution in [2.75, 3.05) is 32.6 Å². The molecule has 1 aliphatic rings. The van der Waals surface area contributed by atoms with E-state index in [0.29, 0.717) is 22.7 Å². The minimum atomic E-state index is -0.392. The lowest BCUT2D eigenvalue weighted by atomic mass is 10.1. The van der Waals surface area contributed by atoms with E-state index in [4.69, 9.17) is 21.7 Å². The van der Waals surface area contributed by atoms with Crippen molar-refractivity contribution in [3.8, 4) is 11.5 Å². The highest BCUT2D eigenvalue weighted by Gasteiger charge is 2.20. The molecule has 0 aliphatic carbocycles. The van der Waals surface area contributed by atoms with E-state index in [1.807, 2.05) is 23.1 Å². The molecular formula is C24H27N3O4S. The van der Waals surface area contributed by atoms with Gasteiger partial charge in [0.15, 0.2) is 16.6 Å². The minimum Gasteiger partial charge on any atom is -0.493 e. The van der Waals surface area contributed by atoms with Crippen molar-refractivity contribution in [1.82, 2.24) is 10.2 Å². The number of benzene rings is 2. The fourth-order valence-corrected chi connectivity index (χ4v) is 3.69. The van der Waals surface area contributed by atoms with Gasteiger partial charge in [0.05, 0.1) is 25.5 Å². The Balaban J connectivity index is 1.61. The van der Waals surface area contributed by atoms with Crippen molar-refractivity contribution in [2.45, 2.75) is 19.3 Å². The van der Waals surface area contributed by atoms with Crippen molar-refractivity contribution in [3.05, 3.63) is 59.7 Å². The molecule has 168 valence electrons. The molecule has 1 heterocycles. The number of carbonyl (C=O) groups is 2. The lowest BCUT2D eigenvalue weighted by Gasteiger charge is -2.27. The lowest BCUT2D eigenvalue weighted by Crippen LogP contribution is -2.37. The van der Waals surface area contributed by atoms with E-state index in [9.17, 15) is 9.59 Å². The molecule has 0 bridgehead atoms. The number of amides is 2. The third-order valence-electron chi connectivity index (χ3n) is 5.12. The van der Waals surface area contributed by atoms with E-state index < -0.39 is 5.91 Å². The summed E-state index contributed by atoms with van der Waals surface area (Å²) in [6.45, 7) is 1.52. The maximum absolute atomic E-state index is 12.9. The van der Waals surface area contributed by atoms with E-state index in [1.165, 1.54) is 6.08 Å². The molecule has 0 spiro atoms. The SMILES string of the molecule is COc1ccc(C=CC(=O)NC(=S)Nc2ccccc2C(=O)N2CCCCC2)cc1OC. The number of piperidine rings is 1. The fourth-order valence-electron chi connectivity index (χ4n) is 3.48. The normalized spacial score (nSPS) is 13.5. The molecule has 1 saturated heterocycles. The Morgan fingerprint density at radius 2 is 1.72 bits per heavy atom. The number of methoxy groups -OCH3 is 2. The zero-order valence-corrected chi connectivity index (χ0v) is 19.0. The Morgan fingerprint density at radius 3 is 2.44 bits per heavy atom. The highest BCUT2D eigenvalue weighted by molar-refractivity contribution is 7.80. The van der Waals surface area contributed by atoms with Gasteiger partial charge in [-0.25, -0.2) is 0 Å². The molecule has 7 nitrogen and oxygen atoms in total. The van der Waals surface area contributed by atoms with Gasteiger partial charge in [0, 0.05) is 19.2 Å². The molecule has 8 heteroatoms. The second kappa shape index (κ2) is 11.3. The van der Waals surface area contributed by atoms with Gasteiger partial charge in [0.1, 0.15) is 0 Å². The van der Waals surface area contributed by atoms with Gasteiger partial charge in [-0.05, 0) is 67.4 Å². The molecule has 2 aromatic carbocycles. The molecule has 0 atom stereocenters. The lowest BCUT2D eigenvalue weighted by molar-refractivity contribution is -0.115. The van der Waals surface area contributed by atoms with Crippen LogP contribution in [0.4, 0.5) is 5.69 Å². The van der Waals surface area contributed by atoms with E-state index in [2.05, 4.69) is 10.6 Å². The zero-order chi connectivity index (χ0) is 22.9. The van der Waals surface area contributed by atoms with Crippen LogP contribution >= 0.6 is 12.2 Å². The maximum Gasteiger partial charge on any atom is 0.255 e. The van der Waals surface area contributed by atoms with Gasteiger partial charge < -0.3 is 19.7 Å². The van der Waals surface area contributed by atoms with Crippen molar-refractivity contribution in [2.24, 2.45) is 0 Å². The monoisotopic (exact) mass is 453 g/mol. The second-order valence-electron chi connectivity index (χ2n) is 7.29. The highest BCUT2D eigenvalue weighted by Crippen LogP contribution is 2.28. The van der Waals surface area contributed by atoms with Gasteiger partial charge in [-0.1, -0.05) is 18.2 Å². The number of nitrogens with one attached hydrogen (secondary N) is 2. The van der Waals surface area contributed by atoms with E-state index in [1.54, 1.807) is 44.6 Å². The minimum absolute atomic E-state index is 0.0322. The highest BCUT2D eigenvalue weighted by atomic mass is 32.1. The van der Waals surface area contributed by atoms with E-state index in [-0.39, 0.29) is 11.0 Å². The number of anilines is 1. The molecule has 1 aliphatic heterocycles. The van der Waals surface area contributed by atoms with Crippen molar-refractivity contribution < 1.29 is 19.1 Å². The van der Waals surface area contributed by atoms with E-state index in [0.717, 1.165) is 37.9 Å². The van der Waals surface area contributed by atoms with Crippen LogP contribution in [-0.4, -0.2) is 49.1 Å². The van der Waals surface area contributed by atoms with Gasteiger partial charge in [-0.3, -0.25) is 14.9 Å². The first-order valence-corrected chi connectivity index (χ1v) is 10.8. The standard InChI is InChI=1S/C24H27N3O4S/c1-30-20-12-10-17(16-21(20)31-2)11-13-22(28)26-24(32)25-19-9-5-4-8-18(19)23(29)27-14-6-3-7-15-27/h4-5,8-13,16H,3,6-7,14-15H2,1-2H3,(H2,25,26,28,32). The van der Waals surface area contributed by atoms with Crippen LogP contribution in [0.5, 0.6) is 11.5 Å². The van der Waals surface area contributed by atoms with Gasteiger partial charge in [-0.15, -0.1) is 0 Å². The predicted molar refractivity (Wildman–Crippen MR) is 129 cm³/mol. The van der Waals surface area contributed by atoms with Crippen molar-refractivity contribution >= 4 is 40.9 Å². The molecule has 32 heavy (non-hydrogen) atoms. The summed E-state index contributed by atoms with van der Waals surface area (Å²) in [7, 11) is 3.11. The molecule has 1 fully saturated rings. The summed E-state index contributed by atoms with van der Waals surface area (Å²) in [5.74, 6) is 0.756. The number of para-hydroxylation sites is 1. The number of thiocarbonyl (C=S) groups is 1. The zero-order valence-electron chi connectivity index (χ0n) is 18.2. The summed E-state index contributed by atoms with van der Waals surface area (Å²) in [6, 6.07) is 12.5. The molecule has 3 rings (SSSR count). The number of hydrogen-bond donors (Lipinski definition) is 2. The van der Waals surface area contributed by atoms with Gasteiger partial charge in [0.2, 0.25) is 5.91 Å². The summed E-state index contributed by atoms with van der Waals surface area (Å²) in [6.07, 6.45) is 6.20. The summed E-state index contributed by atoms with van der Waals surface area (Å²) in [4.78, 5) is 27.1. The molecule has 2 amide bonds. The molecule has 0 unspecified atom stereocenters. The van der Waals surface area contributed by atoms with Crippen LogP contribution in [0.3, 0.4) is 0 Å². The number of likely N-dealkylation sites (tertiary alicyclic amines) is 1. The van der Waals surface area contributed by atoms with Gasteiger partial charge >= 0.3 is 0 Å². The molecule has 2 N–H and O–H groups in total. The first-order chi connectivity index (χ1) is 15.5. The predicted octanol–water partition coefficient (Wildman–Crippen LogP) is 3.86. The Hall–Kier alpha value is -3.39. The summed E-state index contributed by atoms with van der Waals surface area (Å²) in [5.41, 5.74) is 1.87. The number of nitrogens with zero attached hydrogens (tertiary/aromatic N) is 1. The molecule has 0 aromatic heterocycles. The number of carbonyl (C=O) groups excluding carboxylic acids is 2. The number of ether oxygens (including phenoxy) is 2. The average molecular weight is 454 g/mol. The third-order valence-corrected chi connectivity index (χ3v) is 5.32. The molecular weight excluding hydrogens is 426 g/mol. The Morgan fingerprint density at radius 1 is 1.00 bits per heavy atom. The molecule has 2 aromatic rings. The van der Waals surface area contributed by atoms with Crippen LogP contribution in [-0.2, 0) is 4.79 Å². The Bertz CT molecular complexity index is 1020. The summed E-state index contributed by atoms with van der Waals surface area (Å²) in [5, 5.41) is 5.70. The smallest absolute Gasteiger partial charge is 0.255 e. The Kier molecular flexibility index (Phi) is 8.21. The number of rotatable bonds is 6. The van der Waals surface area contributed by atoms with E-state index >= 15 is 0 Å². The first kappa shape index (κ1) is 23.3. The largest absolute Gasteiger partial charge is 0.493 e. The quantitative estimate of drug-likeness (QED) is 0.511. The van der Waals surface area contributed by atoms with Crippen LogP contribution in [0.15, 0.2) is 48.5 Å².